The van der Waals surface area contributed by atoms with E-state index in [-0.39, 0.29) is 5.54 Å². The Morgan fingerprint density at radius 2 is 1.78 bits per heavy atom. The molecule has 1 heterocycles. The quantitative estimate of drug-likeness (QED) is 0.819. The van der Waals surface area contributed by atoms with Crippen LogP contribution in [0.1, 0.15) is 31.9 Å². The zero-order valence-corrected chi connectivity index (χ0v) is 11.8. The summed E-state index contributed by atoms with van der Waals surface area (Å²) in [6.45, 7) is 14.7. The van der Waals surface area contributed by atoms with Gasteiger partial charge in [0.2, 0.25) is 0 Å². The van der Waals surface area contributed by atoms with Gasteiger partial charge in [0.25, 0.3) is 0 Å². The number of hydrogen-bond donors (Lipinski definition) is 1. The molecule has 1 aromatic carbocycles. The van der Waals surface area contributed by atoms with Crippen molar-refractivity contribution < 1.29 is 0 Å². The molecule has 1 aliphatic heterocycles. The molecule has 0 aliphatic carbocycles. The summed E-state index contributed by atoms with van der Waals surface area (Å²) in [5, 5.41) is 3.49. The largest absolute Gasteiger partial charge is 0.308 e. The van der Waals surface area contributed by atoms with E-state index in [4.69, 9.17) is 0 Å². The van der Waals surface area contributed by atoms with Gasteiger partial charge >= 0.3 is 0 Å². The molecule has 1 aliphatic rings. The summed E-state index contributed by atoms with van der Waals surface area (Å²) in [4.78, 5) is 2.46. The van der Waals surface area contributed by atoms with E-state index in [1.807, 2.05) is 0 Å². The smallest absolute Gasteiger partial charge is 0.0243 e. The van der Waals surface area contributed by atoms with Gasteiger partial charge in [-0.25, -0.2) is 0 Å². The maximum atomic E-state index is 4.18. The van der Waals surface area contributed by atoms with Gasteiger partial charge in [0.15, 0.2) is 0 Å². The van der Waals surface area contributed by atoms with Gasteiger partial charge in [0, 0.05) is 31.7 Å². The minimum Gasteiger partial charge on any atom is -0.308 e. The molecule has 1 aromatic rings. The molecular formula is C16H24N2. The molecule has 2 nitrogen and oxygen atoms in total. The SMILES string of the molecule is C=C(CNC(C)(C)C)CN1Cc2ccccc2C1. The summed E-state index contributed by atoms with van der Waals surface area (Å²) in [6.07, 6.45) is 0. The molecule has 0 radical (unpaired) electrons. The van der Waals surface area contributed by atoms with Gasteiger partial charge in [-0.2, -0.15) is 0 Å². The lowest BCUT2D eigenvalue weighted by Crippen LogP contribution is -2.38. The Hall–Kier alpha value is -1.12. The van der Waals surface area contributed by atoms with Crippen molar-refractivity contribution in [3.05, 3.63) is 47.5 Å². The highest BCUT2D eigenvalue weighted by molar-refractivity contribution is 5.30. The van der Waals surface area contributed by atoms with E-state index in [1.54, 1.807) is 0 Å². The fraction of sp³-hybridized carbons (Fsp3) is 0.500. The van der Waals surface area contributed by atoms with Gasteiger partial charge in [-0.1, -0.05) is 30.8 Å². The topological polar surface area (TPSA) is 15.3 Å². The van der Waals surface area contributed by atoms with Crippen molar-refractivity contribution in [2.24, 2.45) is 0 Å². The number of rotatable bonds is 4. The van der Waals surface area contributed by atoms with Crippen LogP contribution in [0.5, 0.6) is 0 Å². The molecule has 0 fully saturated rings. The van der Waals surface area contributed by atoms with E-state index in [0.29, 0.717) is 0 Å². The molecule has 0 bridgehead atoms. The first-order valence-electron chi connectivity index (χ1n) is 6.65. The molecule has 2 heteroatoms. The van der Waals surface area contributed by atoms with Gasteiger partial charge in [-0.15, -0.1) is 0 Å². The molecular weight excluding hydrogens is 220 g/mol. The zero-order valence-electron chi connectivity index (χ0n) is 11.8. The highest BCUT2D eigenvalue weighted by Crippen LogP contribution is 2.22. The van der Waals surface area contributed by atoms with Gasteiger partial charge in [0.05, 0.1) is 0 Å². The van der Waals surface area contributed by atoms with E-state index in [2.05, 4.69) is 61.8 Å². The summed E-state index contributed by atoms with van der Waals surface area (Å²) >= 11 is 0. The molecule has 1 N–H and O–H groups in total. The molecule has 0 atom stereocenters. The second-order valence-corrected chi connectivity index (χ2v) is 6.27. The normalized spacial score (nSPS) is 15.7. The molecule has 0 spiro atoms. The first-order chi connectivity index (χ1) is 8.44. The second-order valence-electron chi connectivity index (χ2n) is 6.27. The third kappa shape index (κ3) is 3.69. The van der Waals surface area contributed by atoms with Crippen molar-refractivity contribution in [3.8, 4) is 0 Å². The molecule has 0 unspecified atom stereocenters. The predicted octanol–water partition coefficient (Wildman–Crippen LogP) is 2.95. The average Bonchev–Trinajstić information content (AvgIpc) is 2.67. The van der Waals surface area contributed by atoms with Crippen molar-refractivity contribution in [2.75, 3.05) is 13.1 Å². The van der Waals surface area contributed by atoms with E-state index < -0.39 is 0 Å². The van der Waals surface area contributed by atoms with Crippen LogP contribution in [0.2, 0.25) is 0 Å². The monoisotopic (exact) mass is 244 g/mol. The van der Waals surface area contributed by atoms with Crippen LogP contribution < -0.4 is 5.32 Å². The van der Waals surface area contributed by atoms with Crippen LogP contribution >= 0.6 is 0 Å². The lowest BCUT2D eigenvalue weighted by molar-refractivity contribution is 0.304. The van der Waals surface area contributed by atoms with Crippen molar-refractivity contribution in [3.63, 3.8) is 0 Å². The minimum absolute atomic E-state index is 0.164. The molecule has 2 rings (SSSR count). The lowest BCUT2D eigenvalue weighted by atomic mass is 10.1. The molecule has 98 valence electrons. The Bertz CT molecular complexity index is 404. The van der Waals surface area contributed by atoms with Crippen LogP contribution in [-0.4, -0.2) is 23.5 Å². The van der Waals surface area contributed by atoms with Crippen LogP contribution in [0.25, 0.3) is 0 Å². The lowest BCUT2D eigenvalue weighted by Gasteiger charge is -2.23. The van der Waals surface area contributed by atoms with Crippen molar-refractivity contribution in [2.45, 2.75) is 39.4 Å². The van der Waals surface area contributed by atoms with Crippen LogP contribution in [0.15, 0.2) is 36.4 Å². The molecule has 0 saturated heterocycles. The number of nitrogens with zero attached hydrogens (tertiary/aromatic N) is 1. The average molecular weight is 244 g/mol. The van der Waals surface area contributed by atoms with Gasteiger partial charge in [-0.05, 0) is 37.5 Å². The number of hydrogen-bond acceptors (Lipinski definition) is 2. The van der Waals surface area contributed by atoms with Gasteiger partial charge in [-0.3, -0.25) is 4.90 Å². The van der Waals surface area contributed by atoms with E-state index >= 15 is 0 Å². The van der Waals surface area contributed by atoms with E-state index in [1.165, 1.54) is 16.7 Å². The summed E-state index contributed by atoms with van der Waals surface area (Å²) in [6, 6.07) is 8.70. The predicted molar refractivity (Wildman–Crippen MR) is 77.5 cm³/mol. The molecule has 0 saturated carbocycles. The Labute approximate surface area is 111 Å². The first kappa shape index (κ1) is 13.3. The maximum Gasteiger partial charge on any atom is 0.0243 e. The second kappa shape index (κ2) is 5.25. The standard InChI is InChI=1S/C16H24N2/c1-13(9-17-16(2,3)4)10-18-11-14-7-5-6-8-15(14)12-18/h5-8,17H,1,9-12H2,2-4H3. The summed E-state index contributed by atoms with van der Waals surface area (Å²) in [7, 11) is 0. The zero-order chi connectivity index (χ0) is 13.2. The maximum absolute atomic E-state index is 4.18. The first-order valence-corrected chi connectivity index (χ1v) is 6.65. The number of benzene rings is 1. The summed E-state index contributed by atoms with van der Waals surface area (Å²) < 4.78 is 0. The Morgan fingerprint density at radius 1 is 1.22 bits per heavy atom. The Morgan fingerprint density at radius 3 is 2.28 bits per heavy atom. The van der Waals surface area contributed by atoms with Crippen LogP contribution in [0.3, 0.4) is 0 Å². The highest BCUT2D eigenvalue weighted by atomic mass is 15.1. The van der Waals surface area contributed by atoms with Crippen LogP contribution in [0.4, 0.5) is 0 Å². The molecule has 0 aromatic heterocycles. The summed E-state index contributed by atoms with van der Waals surface area (Å²) in [5.41, 5.74) is 4.36. The summed E-state index contributed by atoms with van der Waals surface area (Å²) in [5.74, 6) is 0. The molecule has 0 amide bonds. The number of nitrogens with one attached hydrogen (secondary N) is 1. The van der Waals surface area contributed by atoms with E-state index in [9.17, 15) is 0 Å². The van der Waals surface area contributed by atoms with Crippen molar-refractivity contribution in [1.29, 1.82) is 0 Å². The van der Waals surface area contributed by atoms with Gasteiger partial charge in [0.1, 0.15) is 0 Å². The fourth-order valence-electron chi connectivity index (χ4n) is 2.28. The Balaban J connectivity index is 1.81. The third-order valence-corrected chi connectivity index (χ3v) is 3.22. The van der Waals surface area contributed by atoms with Crippen LogP contribution in [0, 0.1) is 0 Å². The van der Waals surface area contributed by atoms with Crippen molar-refractivity contribution in [1.82, 2.24) is 10.2 Å². The highest BCUT2D eigenvalue weighted by Gasteiger charge is 2.18. The molecule has 18 heavy (non-hydrogen) atoms. The van der Waals surface area contributed by atoms with E-state index in [0.717, 1.165) is 26.2 Å². The number of fused-ring (bicyclic) bond motifs is 1. The Kier molecular flexibility index (Phi) is 3.88. The minimum atomic E-state index is 0.164. The van der Waals surface area contributed by atoms with Crippen molar-refractivity contribution >= 4 is 0 Å². The van der Waals surface area contributed by atoms with Crippen LogP contribution in [-0.2, 0) is 13.1 Å². The third-order valence-electron chi connectivity index (χ3n) is 3.22. The fourth-order valence-corrected chi connectivity index (χ4v) is 2.28. The van der Waals surface area contributed by atoms with Gasteiger partial charge < -0.3 is 5.32 Å².